The molecule has 0 aliphatic carbocycles. The van der Waals surface area contributed by atoms with Crippen molar-refractivity contribution in [2.45, 2.75) is 32.8 Å². The Bertz CT molecular complexity index is 577. The largest absolute Gasteiger partial charge is 0.489 e. The van der Waals surface area contributed by atoms with Crippen LogP contribution in [0.25, 0.3) is 0 Å². The van der Waals surface area contributed by atoms with Gasteiger partial charge in [0.1, 0.15) is 23.5 Å². The van der Waals surface area contributed by atoms with E-state index in [2.05, 4.69) is 0 Å². The van der Waals surface area contributed by atoms with E-state index in [0.717, 1.165) is 12.8 Å². The van der Waals surface area contributed by atoms with E-state index < -0.39 is 0 Å². The van der Waals surface area contributed by atoms with E-state index in [1.807, 2.05) is 6.92 Å². The Morgan fingerprint density at radius 3 is 2.44 bits per heavy atom. The fraction of sp³-hybridized carbons (Fsp3) is 0.471. The molecule has 0 aliphatic heterocycles. The summed E-state index contributed by atoms with van der Waals surface area (Å²) in [6.07, 6.45) is 2.89. The Morgan fingerprint density at radius 2 is 1.88 bits per heavy atom. The lowest BCUT2D eigenvalue weighted by atomic mass is 10.2. The molecule has 0 aromatic heterocycles. The van der Waals surface area contributed by atoms with Crippen LogP contribution in [0.2, 0.25) is 10.0 Å². The minimum Gasteiger partial charge on any atom is -0.489 e. The lowest BCUT2D eigenvalue weighted by molar-refractivity contribution is -0.121. The van der Waals surface area contributed by atoms with Crippen LogP contribution in [0, 0.1) is 0 Å². The smallest absolute Gasteiger partial charge is 0.157 e. The molecule has 0 fully saturated rings. The van der Waals surface area contributed by atoms with Crippen LogP contribution < -0.4 is 9.47 Å². The number of rotatable bonds is 11. The number of hydrogen-bond donors (Lipinski definition) is 0. The van der Waals surface area contributed by atoms with Gasteiger partial charge in [0.25, 0.3) is 0 Å². The summed E-state index contributed by atoms with van der Waals surface area (Å²) in [5.74, 6) is 0.895. The Morgan fingerprint density at radius 1 is 1.24 bits per heavy atom. The highest BCUT2D eigenvalue weighted by atomic mass is 35.5. The van der Waals surface area contributed by atoms with Gasteiger partial charge in [0.2, 0.25) is 0 Å². The van der Waals surface area contributed by atoms with E-state index in [-0.39, 0.29) is 29.6 Å². The topological polar surface area (TPSA) is 44.8 Å². The van der Waals surface area contributed by atoms with Gasteiger partial charge in [-0.25, -0.2) is 0 Å². The summed E-state index contributed by atoms with van der Waals surface area (Å²) in [4.78, 5) is 10.8. The molecule has 0 radical (unpaired) electrons. The number of carbonyl (C=O) groups excluding carboxylic acids is 1. The quantitative estimate of drug-likeness (QED) is 0.414. The highest BCUT2D eigenvalue weighted by Gasteiger charge is 2.14. The van der Waals surface area contributed by atoms with Gasteiger partial charge in [0.15, 0.2) is 11.5 Å². The van der Waals surface area contributed by atoms with E-state index in [1.54, 1.807) is 12.1 Å². The second kappa shape index (κ2) is 11.9. The number of ketones is 1. The molecule has 0 N–H and O–H groups in total. The van der Waals surface area contributed by atoms with Crippen molar-refractivity contribution < 1.29 is 19.0 Å². The minimum atomic E-state index is -0.110. The number of carbonyl (C=O) groups is 1. The molecule has 0 amide bonds. The molecule has 0 saturated heterocycles. The Kier molecular flexibility index (Phi) is 10.6. The third-order valence-electron chi connectivity index (χ3n) is 2.98. The van der Waals surface area contributed by atoms with Gasteiger partial charge in [-0.05, 0) is 32.8 Å². The summed E-state index contributed by atoms with van der Waals surface area (Å²) in [6.45, 7) is 4.24. The molecule has 4 nitrogen and oxygen atoms in total. The Balaban J connectivity index is 2.52. The van der Waals surface area contributed by atoms with Gasteiger partial charge in [0.05, 0.1) is 16.1 Å². The molecule has 1 aromatic rings. The summed E-state index contributed by atoms with van der Waals surface area (Å²) in [7, 11) is 0. The van der Waals surface area contributed by atoms with Crippen molar-refractivity contribution in [3.8, 4) is 11.5 Å². The van der Waals surface area contributed by atoms with Crippen molar-refractivity contribution in [2.24, 2.45) is 0 Å². The third kappa shape index (κ3) is 9.57. The van der Waals surface area contributed by atoms with Crippen LogP contribution in [0.4, 0.5) is 0 Å². The van der Waals surface area contributed by atoms with Crippen molar-refractivity contribution in [1.29, 1.82) is 0 Å². The Hall–Kier alpha value is -0.650. The zero-order valence-corrected chi connectivity index (χ0v) is 17.0. The molecular weight excluding hydrogens is 410 g/mol. The van der Waals surface area contributed by atoms with E-state index in [9.17, 15) is 4.79 Å². The normalized spacial score (nSPS) is 11.8. The second-order valence-corrected chi connectivity index (χ2v) is 7.17. The molecule has 1 atom stereocenters. The van der Waals surface area contributed by atoms with Crippen LogP contribution >= 0.6 is 46.4 Å². The first-order valence-corrected chi connectivity index (χ1v) is 9.17. The van der Waals surface area contributed by atoms with Gasteiger partial charge in [-0.15, -0.1) is 0 Å². The first-order valence-electron chi connectivity index (χ1n) is 7.66. The van der Waals surface area contributed by atoms with E-state index in [0.29, 0.717) is 28.2 Å². The van der Waals surface area contributed by atoms with Crippen molar-refractivity contribution in [1.82, 2.24) is 0 Å². The molecule has 25 heavy (non-hydrogen) atoms. The fourth-order valence-corrected chi connectivity index (χ4v) is 2.56. The zero-order valence-electron chi connectivity index (χ0n) is 14.0. The van der Waals surface area contributed by atoms with E-state index in [4.69, 9.17) is 60.6 Å². The van der Waals surface area contributed by atoms with Gasteiger partial charge < -0.3 is 14.2 Å². The molecule has 8 heteroatoms. The maximum atomic E-state index is 10.8. The van der Waals surface area contributed by atoms with Crippen LogP contribution in [-0.2, 0) is 9.53 Å². The lowest BCUT2D eigenvalue weighted by Gasteiger charge is -2.17. The fourth-order valence-electron chi connectivity index (χ4n) is 1.88. The molecule has 0 bridgehead atoms. The number of hydrogen-bond acceptors (Lipinski definition) is 4. The summed E-state index contributed by atoms with van der Waals surface area (Å²) < 4.78 is 16.6. The predicted molar refractivity (Wildman–Crippen MR) is 103 cm³/mol. The van der Waals surface area contributed by atoms with Crippen molar-refractivity contribution >= 4 is 52.2 Å². The van der Waals surface area contributed by atoms with Crippen LogP contribution in [0.1, 0.15) is 26.7 Å². The molecule has 0 aliphatic rings. The Labute approximate surface area is 167 Å². The van der Waals surface area contributed by atoms with Crippen LogP contribution in [0.15, 0.2) is 22.7 Å². The van der Waals surface area contributed by atoms with E-state index in [1.165, 1.54) is 13.0 Å². The summed E-state index contributed by atoms with van der Waals surface area (Å²) in [5, 5.41) is 0.700. The molecule has 0 saturated carbocycles. The summed E-state index contributed by atoms with van der Waals surface area (Å²) in [5.41, 5.74) is 0. The SMILES string of the molecule is CC(=O)COCCCC(C)Oc1c(Cl)cc(OCC=C(Cl)Cl)cc1Cl. The molecule has 1 unspecified atom stereocenters. The number of benzene rings is 1. The second-order valence-electron chi connectivity index (χ2n) is 5.35. The van der Waals surface area contributed by atoms with Crippen molar-refractivity contribution in [3.63, 3.8) is 0 Å². The van der Waals surface area contributed by atoms with Crippen LogP contribution in [0.5, 0.6) is 11.5 Å². The minimum absolute atomic E-state index is 0.00831. The van der Waals surface area contributed by atoms with Crippen LogP contribution in [-0.4, -0.2) is 31.7 Å². The average Bonchev–Trinajstić information content (AvgIpc) is 2.50. The number of halogens is 4. The highest BCUT2D eigenvalue weighted by Crippen LogP contribution is 2.37. The average molecular weight is 430 g/mol. The summed E-state index contributed by atoms with van der Waals surface area (Å²) in [6, 6.07) is 3.23. The molecule has 0 heterocycles. The number of ether oxygens (including phenoxy) is 3. The molecule has 1 rings (SSSR count). The summed E-state index contributed by atoms with van der Waals surface area (Å²) >= 11 is 23.5. The standard InChI is InChI=1S/C17H20Cl4O4/c1-11(22)10-23-6-3-4-12(2)25-17-14(18)8-13(9-15(17)19)24-7-5-16(20)21/h5,8-9,12H,3-4,6-7,10H2,1-2H3. The van der Waals surface area contributed by atoms with Crippen molar-refractivity contribution in [2.75, 3.05) is 19.8 Å². The third-order valence-corrected chi connectivity index (χ3v) is 3.85. The zero-order chi connectivity index (χ0) is 18.8. The molecule has 0 spiro atoms. The van der Waals surface area contributed by atoms with E-state index >= 15 is 0 Å². The highest BCUT2D eigenvalue weighted by molar-refractivity contribution is 6.55. The predicted octanol–water partition coefficient (Wildman–Crippen LogP) is 5.84. The first-order chi connectivity index (χ1) is 11.8. The van der Waals surface area contributed by atoms with Gasteiger partial charge in [-0.2, -0.15) is 0 Å². The van der Waals surface area contributed by atoms with Crippen molar-refractivity contribution in [3.05, 3.63) is 32.7 Å². The van der Waals surface area contributed by atoms with Gasteiger partial charge >= 0.3 is 0 Å². The number of Topliss-reactive ketones (excluding diaryl/α,β-unsaturated/α-hetero) is 1. The molecule has 1 aromatic carbocycles. The maximum absolute atomic E-state index is 10.8. The lowest BCUT2D eigenvalue weighted by Crippen LogP contribution is -2.14. The molecular formula is C17H20Cl4O4. The molecule has 140 valence electrons. The monoisotopic (exact) mass is 428 g/mol. The van der Waals surface area contributed by atoms with Gasteiger partial charge in [0, 0.05) is 18.7 Å². The maximum Gasteiger partial charge on any atom is 0.157 e. The van der Waals surface area contributed by atoms with Gasteiger partial charge in [-0.3, -0.25) is 4.79 Å². The van der Waals surface area contributed by atoms with Crippen LogP contribution in [0.3, 0.4) is 0 Å². The van der Waals surface area contributed by atoms with Gasteiger partial charge in [-0.1, -0.05) is 46.4 Å². The first kappa shape index (κ1) is 22.4.